The predicted molar refractivity (Wildman–Crippen MR) is 114 cm³/mol. The van der Waals surface area contributed by atoms with Crippen LogP contribution in [0.2, 0.25) is 0 Å². The number of fused-ring (bicyclic) bond motifs is 1. The van der Waals surface area contributed by atoms with E-state index in [9.17, 15) is 9.90 Å². The second-order valence-corrected chi connectivity index (χ2v) is 6.20. The molecule has 1 aliphatic rings. The Balaban J connectivity index is 0.000000336. The summed E-state index contributed by atoms with van der Waals surface area (Å²) < 4.78 is 4.78. The summed E-state index contributed by atoms with van der Waals surface area (Å²) in [5, 5.41) is 16.1. The molecule has 0 saturated heterocycles. The first-order valence-electron chi connectivity index (χ1n) is 9.04. The third-order valence-electron chi connectivity index (χ3n) is 4.27. The topological polar surface area (TPSA) is 62.1 Å². The van der Waals surface area contributed by atoms with Crippen LogP contribution in [0.4, 0.5) is 0 Å². The number of hydrazone groups is 1. The Morgan fingerprint density at radius 1 is 1.07 bits per heavy atom. The molecule has 0 amide bonds. The minimum Gasteiger partial charge on any atom is -0.505 e. The van der Waals surface area contributed by atoms with E-state index in [0.29, 0.717) is 5.56 Å². The fourth-order valence-electron chi connectivity index (χ4n) is 2.98. The van der Waals surface area contributed by atoms with Crippen LogP contribution in [0.3, 0.4) is 0 Å². The second kappa shape index (κ2) is 9.55. The van der Waals surface area contributed by atoms with Gasteiger partial charge in [-0.1, -0.05) is 60.2 Å². The lowest BCUT2D eigenvalue weighted by Crippen LogP contribution is -2.28. The van der Waals surface area contributed by atoms with Crippen molar-refractivity contribution in [1.82, 2.24) is 5.01 Å². The summed E-state index contributed by atoms with van der Waals surface area (Å²) in [6.45, 7) is 7.64. The molecule has 0 unspecified atom stereocenters. The number of carbonyl (C=O) groups is 1. The molecule has 0 radical (unpaired) electrons. The summed E-state index contributed by atoms with van der Waals surface area (Å²) in [7, 11) is 1.28. The van der Waals surface area contributed by atoms with Crippen molar-refractivity contribution >= 4 is 23.6 Å². The number of aliphatic hydroxyl groups is 1. The Bertz CT molecular complexity index is 928. The van der Waals surface area contributed by atoms with Crippen molar-refractivity contribution in [3.63, 3.8) is 0 Å². The highest BCUT2D eigenvalue weighted by atomic mass is 16.5. The van der Waals surface area contributed by atoms with Crippen LogP contribution < -0.4 is 0 Å². The number of ether oxygens (including phenoxy) is 1. The Kier molecular flexibility index (Phi) is 7.15. The molecule has 1 heterocycles. The van der Waals surface area contributed by atoms with Gasteiger partial charge in [-0.05, 0) is 33.3 Å². The molecular weight excluding hydrogens is 352 g/mol. The molecule has 5 heteroatoms. The van der Waals surface area contributed by atoms with Crippen molar-refractivity contribution in [2.24, 2.45) is 5.10 Å². The van der Waals surface area contributed by atoms with Crippen LogP contribution in [0.25, 0.3) is 11.5 Å². The molecule has 3 rings (SSSR count). The molecule has 2 aromatic rings. The zero-order chi connectivity index (χ0) is 20.7. The number of rotatable bonds is 2. The summed E-state index contributed by atoms with van der Waals surface area (Å²) in [6, 6.07) is 15.8. The van der Waals surface area contributed by atoms with Gasteiger partial charge in [-0.25, -0.2) is 9.80 Å². The monoisotopic (exact) mass is 378 g/mol. The zero-order valence-corrected chi connectivity index (χ0v) is 16.9. The molecule has 0 bridgehead atoms. The zero-order valence-electron chi connectivity index (χ0n) is 16.9. The minimum atomic E-state index is -0.635. The number of nitrogens with zero attached hydrogens (tertiary/aromatic N) is 2. The Morgan fingerprint density at radius 3 is 2.25 bits per heavy atom. The standard InChI is InChI=1S/C16H18N2O3.C7H8/c1-5-12-13-10(3)8-7-9-11(13)15(19)14(16(20)21-4)18(12)17-6-2;1-7-5-3-2-4-6-7/h5-9,19H,1-4H3;2-6H,1H3/b12-5+,17-6-;. The van der Waals surface area contributed by atoms with E-state index in [-0.39, 0.29) is 11.5 Å². The molecule has 0 atom stereocenters. The molecule has 5 nitrogen and oxygen atoms in total. The SMILES string of the molecule is C/C=N\N1C(C(=O)OC)=C(O)c2cccc(C)c2/C1=C\C.Cc1ccccc1. The van der Waals surface area contributed by atoms with Gasteiger partial charge < -0.3 is 9.84 Å². The fraction of sp³-hybridized carbons (Fsp3) is 0.217. The molecular formula is C23H26N2O3. The second-order valence-electron chi connectivity index (χ2n) is 6.20. The van der Waals surface area contributed by atoms with E-state index in [0.717, 1.165) is 16.8 Å². The van der Waals surface area contributed by atoms with Crippen molar-refractivity contribution in [3.05, 3.63) is 82.6 Å². The Hall–Kier alpha value is -3.34. The fourth-order valence-corrected chi connectivity index (χ4v) is 2.98. The molecule has 0 spiro atoms. The Morgan fingerprint density at radius 2 is 1.75 bits per heavy atom. The number of hydrogen-bond acceptors (Lipinski definition) is 5. The van der Waals surface area contributed by atoms with Gasteiger partial charge in [0, 0.05) is 17.3 Å². The number of esters is 1. The van der Waals surface area contributed by atoms with E-state index in [1.165, 1.54) is 17.7 Å². The molecule has 1 aliphatic heterocycles. The molecule has 28 heavy (non-hydrogen) atoms. The molecule has 0 saturated carbocycles. The number of benzene rings is 2. The molecule has 1 N–H and O–H groups in total. The van der Waals surface area contributed by atoms with E-state index < -0.39 is 5.97 Å². The maximum atomic E-state index is 12.0. The van der Waals surface area contributed by atoms with Crippen LogP contribution in [0, 0.1) is 13.8 Å². The van der Waals surface area contributed by atoms with Crippen molar-refractivity contribution in [2.45, 2.75) is 27.7 Å². The third kappa shape index (κ3) is 4.31. The first-order valence-corrected chi connectivity index (χ1v) is 9.04. The first-order chi connectivity index (χ1) is 13.5. The summed E-state index contributed by atoms with van der Waals surface area (Å²) in [6.07, 6.45) is 3.41. The van der Waals surface area contributed by atoms with E-state index in [1.807, 2.05) is 50.3 Å². The maximum Gasteiger partial charge on any atom is 0.360 e. The first kappa shape index (κ1) is 21.0. The van der Waals surface area contributed by atoms with E-state index in [2.05, 4.69) is 24.2 Å². The van der Waals surface area contributed by atoms with Gasteiger partial charge in [0.2, 0.25) is 0 Å². The van der Waals surface area contributed by atoms with Crippen LogP contribution in [-0.2, 0) is 9.53 Å². The summed E-state index contributed by atoms with van der Waals surface area (Å²) >= 11 is 0. The highest BCUT2D eigenvalue weighted by Crippen LogP contribution is 2.39. The number of methoxy groups -OCH3 is 1. The van der Waals surface area contributed by atoms with Crippen molar-refractivity contribution in [3.8, 4) is 0 Å². The van der Waals surface area contributed by atoms with Crippen LogP contribution in [-0.4, -0.2) is 29.4 Å². The average molecular weight is 378 g/mol. The molecule has 2 aromatic carbocycles. The van der Waals surface area contributed by atoms with Crippen molar-refractivity contribution < 1.29 is 14.6 Å². The molecule has 0 aromatic heterocycles. The number of carbonyl (C=O) groups excluding carboxylic acids is 1. The van der Waals surface area contributed by atoms with E-state index >= 15 is 0 Å². The van der Waals surface area contributed by atoms with Gasteiger partial charge in [0.15, 0.2) is 11.5 Å². The van der Waals surface area contributed by atoms with Crippen LogP contribution >= 0.6 is 0 Å². The maximum absolute atomic E-state index is 12.0. The van der Waals surface area contributed by atoms with Crippen LogP contribution in [0.15, 0.2) is 65.4 Å². The van der Waals surface area contributed by atoms with Crippen molar-refractivity contribution in [1.29, 1.82) is 0 Å². The normalized spacial score (nSPS) is 14.6. The van der Waals surface area contributed by atoms with Crippen LogP contribution in [0.1, 0.15) is 36.1 Å². The van der Waals surface area contributed by atoms with Gasteiger partial charge in [-0.2, -0.15) is 5.10 Å². The minimum absolute atomic E-state index is 0.0156. The molecule has 0 fully saturated rings. The number of aryl methyl sites for hydroxylation is 2. The van der Waals surface area contributed by atoms with E-state index in [4.69, 9.17) is 4.74 Å². The van der Waals surface area contributed by atoms with Gasteiger partial charge in [-0.15, -0.1) is 0 Å². The van der Waals surface area contributed by atoms with Gasteiger partial charge in [0.25, 0.3) is 0 Å². The third-order valence-corrected chi connectivity index (χ3v) is 4.27. The number of aliphatic hydroxyl groups excluding tert-OH is 1. The van der Waals surface area contributed by atoms with Crippen molar-refractivity contribution in [2.75, 3.05) is 7.11 Å². The average Bonchev–Trinajstić information content (AvgIpc) is 2.70. The summed E-state index contributed by atoms with van der Waals surface area (Å²) in [5.74, 6) is -0.763. The summed E-state index contributed by atoms with van der Waals surface area (Å²) in [5.41, 5.74) is 4.53. The highest BCUT2D eigenvalue weighted by molar-refractivity contribution is 6.01. The van der Waals surface area contributed by atoms with Crippen LogP contribution in [0.5, 0.6) is 0 Å². The number of allylic oxidation sites excluding steroid dienone is 1. The van der Waals surface area contributed by atoms with Gasteiger partial charge >= 0.3 is 5.97 Å². The summed E-state index contributed by atoms with van der Waals surface area (Å²) in [4.78, 5) is 12.0. The quantitative estimate of drug-likeness (QED) is 0.585. The highest BCUT2D eigenvalue weighted by Gasteiger charge is 2.34. The van der Waals surface area contributed by atoms with E-state index in [1.54, 1.807) is 19.2 Å². The van der Waals surface area contributed by atoms with Gasteiger partial charge in [0.1, 0.15) is 0 Å². The molecule has 146 valence electrons. The number of hydrogen-bond donors (Lipinski definition) is 1. The lowest BCUT2D eigenvalue weighted by atomic mass is 9.93. The van der Waals surface area contributed by atoms with Gasteiger partial charge in [-0.3, -0.25) is 0 Å². The predicted octanol–water partition coefficient (Wildman–Crippen LogP) is 5.07. The molecule has 0 aliphatic carbocycles. The largest absolute Gasteiger partial charge is 0.505 e. The Labute approximate surface area is 166 Å². The van der Waals surface area contributed by atoms with Gasteiger partial charge in [0.05, 0.1) is 12.8 Å². The smallest absolute Gasteiger partial charge is 0.360 e. The lowest BCUT2D eigenvalue weighted by Gasteiger charge is -2.31. The lowest BCUT2D eigenvalue weighted by molar-refractivity contribution is -0.137.